The van der Waals surface area contributed by atoms with Crippen molar-refractivity contribution in [2.75, 3.05) is 5.75 Å². The zero-order valence-electron chi connectivity index (χ0n) is 8.41. The third-order valence-electron chi connectivity index (χ3n) is 2.01. The number of rotatable bonds is 5. The normalized spacial score (nSPS) is 13.4. The van der Waals surface area contributed by atoms with Gasteiger partial charge in [-0.3, -0.25) is 9.35 Å². The van der Waals surface area contributed by atoms with Gasteiger partial charge in [-0.25, -0.2) is 0 Å². The van der Waals surface area contributed by atoms with Crippen molar-refractivity contribution in [1.29, 1.82) is 0 Å². The Hall–Kier alpha value is -1.24. The Morgan fingerprint density at radius 3 is 2.31 bits per heavy atom. The van der Waals surface area contributed by atoms with E-state index in [2.05, 4.69) is 0 Å². The predicted octanol–water partition coefficient (Wildman–Crippen LogP) is 0.508. The van der Waals surface area contributed by atoms with Crippen molar-refractivity contribution in [3.05, 3.63) is 35.9 Å². The molecule has 1 aromatic rings. The van der Waals surface area contributed by atoms with Gasteiger partial charge < -0.3 is 5.11 Å². The van der Waals surface area contributed by atoms with Gasteiger partial charge >= 0.3 is 0 Å². The minimum Gasteiger partial charge on any atom is -0.385 e. The lowest BCUT2D eigenvalue weighted by atomic mass is 10.1. The molecular weight excluding hydrogens is 232 g/mol. The minimum absolute atomic E-state index is 0.310. The average Bonchev–Trinajstić information content (AvgIpc) is 2.25. The van der Waals surface area contributed by atoms with Gasteiger partial charge in [-0.15, -0.1) is 0 Å². The molecule has 5 nitrogen and oxygen atoms in total. The molecule has 0 saturated carbocycles. The number of carbonyl (C=O) groups excluding carboxylic acids is 1. The first kappa shape index (κ1) is 12.8. The summed E-state index contributed by atoms with van der Waals surface area (Å²) in [4.78, 5) is 11.5. The van der Waals surface area contributed by atoms with E-state index in [1.165, 1.54) is 12.1 Å². The van der Waals surface area contributed by atoms with Crippen molar-refractivity contribution >= 4 is 15.9 Å². The second-order valence-corrected chi connectivity index (χ2v) is 4.89. The van der Waals surface area contributed by atoms with Gasteiger partial charge in [0.15, 0.2) is 5.78 Å². The van der Waals surface area contributed by atoms with Crippen LogP contribution < -0.4 is 0 Å². The number of aliphatic hydroxyl groups is 1. The number of carbonyl (C=O) groups is 1. The molecule has 0 spiro atoms. The highest BCUT2D eigenvalue weighted by molar-refractivity contribution is 7.85. The maximum atomic E-state index is 11.5. The summed E-state index contributed by atoms with van der Waals surface area (Å²) in [5, 5.41) is 9.41. The van der Waals surface area contributed by atoms with Crippen LogP contribution in [0.3, 0.4) is 0 Å². The molecule has 0 heterocycles. The summed E-state index contributed by atoms with van der Waals surface area (Å²) in [6, 6.07) is 8.06. The Kier molecular flexibility index (Phi) is 4.17. The fourth-order valence-corrected chi connectivity index (χ4v) is 1.71. The Balaban J connectivity index is 2.62. The highest BCUT2D eigenvalue weighted by Gasteiger charge is 2.19. The number of ketones is 1. The molecule has 0 saturated heterocycles. The molecule has 0 radical (unpaired) electrons. The molecule has 16 heavy (non-hydrogen) atoms. The molecule has 1 unspecified atom stereocenters. The van der Waals surface area contributed by atoms with Crippen LogP contribution in [0.4, 0.5) is 0 Å². The van der Waals surface area contributed by atoms with Gasteiger partial charge in [0.05, 0.1) is 5.75 Å². The molecule has 88 valence electrons. The SMILES string of the molecule is O=C(c1ccccc1)C(O)CCS(=O)(=O)O. The summed E-state index contributed by atoms with van der Waals surface area (Å²) in [6.45, 7) is 0. The van der Waals surface area contributed by atoms with Gasteiger partial charge in [0.25, 0.3) is 10.1 Å². The van der Waals surface area contributed by atoms with Crippen LogP contribution in [0, 0.1) is 0 Å². The highest BCUT2D eigenvalue weighted by Crippen LogP contribution is 2.06. The average molecular weight is 244 g/mol. The summed E-state index contributed by atoms with van der Waals surface area (Å²) in [6.07, 6.45) is -1.73. The number of hydrogen-bond donors (Lipinski definition) is 2. The smallest absolute Gasteiger partial charge is 0.264 e. The van der Waals surface area contributed by atoms with E-state index >= 15 is 0 Å². The molecule has 1 atom stereocenters. The van der Waals surface area contributed by atoms with Crippen LogP contribution in [0.1, 0.15) is 16.8 Å². The molecule has 0 amide bonds. The minimum atomic E-state index is -4.15. The third-order valence-corrected chi connectivity index (χ3v) is 2.76. The van der Waals surface area contributed by atoms with Crippen LogP contribution in [-0.4, -0.2) is 35.7 Å². The van der Waals surface area contributed by atoms with Gasteiger partial charge in [-0.2, -0.15) is 8.42 Å². The predicted molar refractivity (Wildman–Crippen MR) is 57.8 cm³/mol. The van der Waals surface area contributed by atoms with E-state index in [-0.39, 0.29) is 6.42 Å². The van der Waals surface area contributed by atoms with E-state index in [0.717, 1.165) is 0 Å². The molecule has 6 heteroatoms. The largest absolute Gasteiger partial charge is 0.385 e. The Morgan fingerprint density at radius 1 is 1.25 bits per heavy atom. The molecule has 0 fully saturated rings. The van der Waals surface area contributed by atoms with Crippen LogP contribution >= 0.6 is 0 Å². The topological polar surface area (TPSA) is 91.7 Å². The van der Waals surface area contributed by atoms with E-state index in [1.54, 1.807) is 18.2 Å². The van der Waals surface area contributed by atoms with Crippen LogP contribution in [0.2, 0.25) is 0 Å². The lowest BCUT2D eigenvalue weighted by Gasteiger charge is -2.07. The van der Waals surface area contributed by atoms with E-state index in [4.69, 9.17) is 4.55 Å². The maximum Gasteiger partial charge on any atom is 0.264 e. The highest BCUT2D eigenvalue weighted by atomic mass is 32.2. The number of benzene rings is 1. The summed E-state index contributed by atoms with van der Waals surface area (Å²) in [5.41, 5.74) is 0.310. The number of aliphatic hydroxyl groups excluding tert-OH is 1. The van der Waals surface area contributed by atoms with Crippen LogP contribution in [0.15, 0.2) is 30.3 Å². The summed E-state index contributed by atoms with van der Waals surface area (Å²) in [7, 11) is -4.15. The van der Waals surface area contributed by atoms with Crippen LogP contribution in [0.5, 0.6) is 0 Å². The van der Waals surface area contributed by atoms with Crippen molar-refractivity contribution in [2.24, 2.45) is 0 Å². The van der Waals surface area contributed by atoms with Crippen molar-refractivity contribution < 1.29 is 22.9 Å². The van der Waals surface area contributed by atoms with E-state index < -0.39 is 27.8 Å². The zero-order valence-corrected chi connectivity index (χ0v) is 9.22. The van der Waals surface area contributed by atoms with Gasteiger partial charge in [0.1, 0.15) is 6.10 Å². The summed E-state index contributed by atoms with van der Waals surface area (Å²) >= 11 is 0. The molecule has 1 rings (SSSR count). The summed E-state index contributed by atoms with van der Waals surface area (Å²) < 4.78 is 29.3. The first-order valence-corrected chi connectivity index (χ1v) is 6.23. The fourth-order valence-electron chi connectivity index (χ4n) is 1.19. The number of Topliss-reactive ketones (excluding diaryl/α,β-unsaturated/α-hetero) is 1. The lowest BCUT2D eigenvalue weighted by Crippen LogP contribution is -2.23. The zero-order chi connectivity index (χ0) is 12.2. The van der Waals surface area contributed by atoms with Crippen molar-refractivity contribution in [2.45, 2.75) is 12.5 Å². The number of hydrogen-bond acceptors (Lipinski definition) is 4. The van der Waals surface area contributed by atoms with Gasteiger partial charge in [-0.1, -0.05) is 30.3 Å². The van der Waals surface area contributed by atoms with Gasteiger partial charge in [0, 0.05) is 5.56 Å². The molecule has 2 N–H and O–H groups in total. The molecule has 1 aromatic carbocycles. The monoisotopic (exact) mass is 244 g/mol. The fraction of sp³-hybridized carbons (Fsp3) is 0.300. The van der Waals surface area contributed by atoms with E-state index in [0.29, 0.717) is 5.56 Å². The quantitative estimate of drug-likeness (QED) is 0.581. The second kappa shape index (κ2) is 5.20. The first-order valence-electron chi connectivity index (χ1n) is 4.62. The van der Waals surface area contributed by atoms with E-state index in [9.17, 15) is 18.3 Å². The van der Waals surface area contributed by atoms with Crippen molar-refractivity contribution in [1.82, 2.24) is 0 Å². The molecule has 0 aliphatic carbocycles. The Morgan fingerprint density at radius 2 is 1.81 bits per heavy atom. The molecular formula is C10H12O5S. The van der Waals surface area contributed by atoms with Crippen molar-refractivity contribution in [3.63, 3.8) is 0 Å². The van der Waals surface area contributed by atoms with Gasteiger partial charge in [-0.05, 0) is 6.42 Å². The van der Waals surface area contributed by atoms with Gasteiger partial charge in [0.2, 0.25) is 0 Å². The standard InChI is InChI=1S/C10H12O5S/c11-9(6-7-16(13,14)15)10(12)8-4-2-1-3-5-8/h1-5,9,11H,6-7H2,(H,13,14,15). The second-order valence-electron chi connectivity index (χ2n) is 3.32. The maximum absolute atomic E-state index is 11.5. The molecule has 0 aliphatic rings. The van der Waals surface area contributed by atoms with Crippen molar-refractivity contribution in [3.8, 4) is 0 Å². The molecule has 0 aromatic heterocycles. The molecule has 0 bridgehead atoms. The third kappa shape index (κ3) is 4.09. The van der Waals surface area contributed by atoms with Crippen LogP contribution in [0.25, 0.3) is 0 Å². The van der Waals surface area contributed by atoms with E-state index in [1.807, 2.05) is 0 Å². The lowest BCUT2D eigenvalue weighted by molar-refractivity contribution is 0.0741. The Bertz CT molecular complexity index is 451. The summed E-state index contributed by atoms with van der Waals surface area (Å²) in [5.74, 6) is -1.18. The first-order chi connectivity index (χ1) is 7.40. The Labute approximate surface area is 93.5 Å². The molecule has 0 aliphatic heterocycles. The van der Waals surface area contributed by atoms with Crippen LogP contribution in [-0.2, 0) is 10.1 Å².